The van der Waals surface area contributed by atoms with Crippen molar-refractivity contribution >= 4 is 17.2 Å². The Balaban J connectivity index is 2.52. The van der Waals surface area contributed by atoms with E-state index in [9.17, 15) is 4.79 Å². The summed E-state index contributed by atoms with van der Waals surface area (Å²) in [4.78, 5) is 11.4. The van der Waals surface area contributed by atoms with Gasteiger partial charge in [-0.05, 0) is 38.5 Å². The van der Waals surface area contributed by atoms with Crippen LogP contribution in [-0.4, -0.2) is 11.8 Å². The molecule has 0 saturated carbocycles. The van der Waals surface area contributed by atoms with Gasteiger partial charge >= 0.3 is 0 Å². The van der Waals surface area contributed by atoms with Crippen molar-refractivity contribution in [3.8, 4) is 0 Å². The first-order valence-corrected chi connectivity index (χ1v) is 7.21. The van der Waals surface area contributed by atoms with Crippen LogP contribution in [0.1, 0.15) is 63.2 Å². The van der Waals surface area contributed by atoms with Gasteiger partial charge in [0.25, 0.3) is 0 Å². The molecule has 0 heterocycles. The second-order valence-electron chi connectivity index (χ2n) is 5.25. The van der Waals surface area contributed by atoms with Gasteiger partial charge in [-0.15, -0.1) is 0 Å². The number of ketones is 1. The first-order valence-electron chi connectivity index (χ1n) is 7.21. The molecule has 0 saturated heterocycles. The van der Waals surface area contributed by atoms with Crippen molar-refractivity contribution in [1.82, 2.24) is 0 Å². The maximum atomic E-state index is 11.4. The van der Waals surface area contributed by atoms with Gasteiger partial charge in [-0.1, -0.05) is 32.6 Å². The molecule has 1 aromatic rings. The fourth-order valence-corrected chi connectivity index (χ4v) is 2.18. The molecule has 106 valence electrons. The lowest BCUT2D eigenvalue weighted by atomic mass is 10.1. The van der Waals surface area contributed by atoms with Crippen LogP contribution < -0.4 is 11.1 Å². The maximum Gasteiger partial charge on any atom is 0.161 e. The standard InChI is InChI=1S/C16H26N2O/c1-4-5-6-7-8-12(2)18-14-9-10-16(17)15(11-14)13(3)19/h9-12,18H,4-8,17H2,1-3H3. The molecule has 0 aliphatic rings. The summed E-state index contributed by atoms with van der Waals surface area (Å²) in [6.07, 6.45) is 6.27. The van der Waals surface area contributed by atoms with Gasteiger partial charge in [0.15, 0.2) is 5.78 Å². The van der Waals surface area contributed by atoms with E-state index >= 15 is 0 Å². The summed E-state index contributed by atoms with van der Waals surface area (Å²) in [5, 5.41) is 3.43. The third-order valence-electron chi connectivity index (χ3n) is 3.34. The van der Waals surface area contributed by atoms with Crippen molar-refractivity contribution in [1.29, 1.82) is 0 Å². The van der Waals surface area contributed by atoms with E-state index in [4.69, 9.17) is 5.73 Å². The minimum Gasteiger partial charge on any atom is -0.398 e. The van der Waals surface area contributed by atoms with Crippen LogP contribution in [0, 0.1) is 0 Å². The van der Waals surface area contributed by atoms with E-state index in [1.807, 2.05) is 12.1 Å². The molecule has 1 atom stereocenters. The highest BCUT2D eigenvalue weighted by atomic mass is 16.1. The van der Waals surface area contributed by atoms with Gasteiger partial charge < -0.3 is 11.1 Å². The van der Waals surface area contributed by atoms with E-state index in [0.717, 1.165) is 12.1 Å². The second-order valence-corrected chi connectivity index (χ2v) is 5.25. The smallest absolute Gasteiger partial charge is 0.161 e. The summed E-state index contributed by atoms with van der Waals surface area (Å²) in [5.41, 5.74) is 7.91. The predicted octanol–water partition coefficient (Wildman–Crippen LogP) is 4.24. The summed E-state index contributed by atoms with van der Waals surface area (Å²) in [6, 6.07) is 5.99. The van der Waals surface area contributed by atoms with Crippen LogP contribution in [0.3, 0.4) is 0 Å². The third kappa shape index (κ3) is 5.33. The third-order valence-corrected chi connectivity index (χ3v) is 3.34. The van der Waals surface area contributed by atoms with Crippen molar-refractivity contribution in [3.63, 3.8) is 0 Å². The van der Waals surface area contributed by atoms with Gasteiger partial charge in [-0.3, -0.25) is 4.79 Å². The Morgan fingerprint density at radius 2 is 2.05 bits per heavy atom. The van der Waals surface area contributed by atoms with E-state index in [2.05, 4.69) is 19.2 Å². The van der Waals surface area contributed by atoms with Crippen molar-refractivity contribution in [3.05, 3.63) is 23.8 Å². The largest absolute Gasteiger partial charge is 0.398 e. The SMILES string of the molecule is CCCCCCC(C)Nc1ccc(N)c(C(C)=O)c1. The van der Waals surface area contributed by atoms with Crippen LogP contribution in [-0.2, 0) is 0 Å². The second kappa shape index (κ2) is 7.82. The number of hydrogen-bond donors (Lipinski definition) is 2. The van der Waals surface area contributed by atoms with Crippen LogP contribution >= 0.6 is 0 Å². The normalized spacial score (nSPS) is 12.2. The number of nitrogens with two attached hydrogens (primary N) is 1. The molecule has 3 N–H and O–H groups in total. The van der Waals surface area contributed by atoms with Gasteiger partial charge in [0.1, 0.15) is 0 Å². The quantitative estimate of drug-likeness (QED) is 0.418. The average molecular weight is 262 g/mol. The zero-order valence-corrected chi connectivity index (χ0v) is 12.3. The Hall–Kier alpha value is -1.51. The molecule has 0 aliphatic carbocycles. The minimum atomic E-state index is 0.0109. The molecule has 0 amide bonds. The van der Waals surface area contributed by atoms with Crippen molar-refractivity contribution < 1.29 is 4.79 Å². The van der Waals surface area contributed by atoms with Crippen LogP contribution in [0.25, 0.3) is 0 Å². The Labute approximate surface area is 116 Å². The Morgan fingerprint density at radius 3 is 2.68 bits per heavy atom. The fraction of sp³-hybridized carbons (Fsp3) is 0.562. The number of carbonyl (C=O) groups excluding carboxylic acids is 1. The average Bonchev–Trinajstić information content (AvgIpc) is 2.36. The van der Waals surface area contributed by atoms with Gasteiger partial charge in [-0.2, -0.15) is 0 Å². The molecular formula is C16H26N2O. The summed E-state index contributed by atoms with van der Waals surface area (Å²) in [6.45, 7) is 5.94. The molecule has 1 unspecified atom stereocenters. The molecule has 0 spiro atoms. The number of nitrogens with one attached hydrogen (secondary N) is 1. The zero-order valence-electron chi connectivity index (χ0n) is 12.3. The van der Waals surface area contributed by atoms with E-state index in [1.165, 1.54) is 25.7 Å². The maximum absolute atomic E-state index is 11.4. The summed E-state index contributed by atoms with van der Waals surface area (Å²) < 4.78 is 0. The number of benzene rings is 1. The number of Topliss-reactive ketones (excluding diaryl/α,β-unsaturated/α-hetero) is 1. The lowest BCUT2D eigenvalue weighted by Crippen LogP contribution is -2.15. The van der Waals surface area contributed by atoms with Gasteiger partial charge in [0.05, 0.1) is 0 Å². The molecule has 0 radical (unpaired) electrons. The van der Waals surface area contributed by atoms with Gasteiger partial charge in [0.2, 0.25) is 0 Å². The van der Waals surface area contributed by atoms with E-state index < -0.39 is 0 Å². The molecule has 19 heavy (non-hydrogen) atoms. The molecular weight excluding hydrogens is 236 g/mol. The van der Waals surface area contributed by atoms with Gasteiger partial charge in [-0.25, -0.2) is 0 Å². The molecule has 0 aliphatic heterocycles. The number of anilines is 2. The number of carbonyl (C=O) groups is 1. The molecule has 1 rings (SSSR count). The van der Waals surface area contributed by atoms with E-state index in [1.54, 1.807) is 13.0 Å². The summed E-state index contributed by atoms with van der Waals surface area (Å²) in [7, 11) is 0. The van der Waals surface area contributed by atoms with Gasteiger partial charge in [0, 0.05) is 23.0 Å². The zero-order chi connectivity index (χ0) is 14.3. The topological polar surface area (TPSA) is 55.1 Å². The first kappa shape index (κ1) is 15.5. The van der Waals surface area contributed by atoms with Crippen molar-refractivity contribution in [2.24, 2.45) is 0 Å². The Morgan fingerprint density at radius 1 is 1.32 bits per heavy atom. The molecule has 0 fully saturated rings. The lowest BCUT2D eigenvalue weighted by molar-refractivity contribution is 0.101. The number of hydrogen-bond acceptors (Lipinski definition) is 3. The predicted molar refractivity (Wildman–Crippen MR) is 82.7 cm³/mol. The minimum absolute atomic E-state index is 0.0109. The van der Waals surface area contributed by atoms with Crippen molar-refractivity contribution in [2.45, 2.75) is 58.9 Å². The number of rotatable bonds is 8. The summed E-state index contributed by atoms with van der Waals surface area (Å²) >= 11 is 0. The van der Waals surface area contributed by atoms with E-state index in [-0.39, 0.29) is 5.78 Å². The summed E-state index contributed by atoms with van der Waals surface area (Å²) in [5.74, 6) is 0.0109. The highest BCUT2D eigenvalue weighted by molar-refractivity contribution is 6.00. The van der Waals surface area contributed by atoms with Crippen LogP contribution in [0.4, 0.5) is 11.4 Å². The van der Waals surface area contributed by atoms with Crippen LogP contribution in [0.5, 0.6) is 0 Å². The Bertz CT molecular complexity index is 415. The fourth-order valence-electron chi connectivity index (χ4n) is 2.18. The molecule has 3 heteroatoms. The highest BCUT2D eigenvalue weighted by Gasteiger charge is 2.07. The monoisotopic (exact) mass is 262 g/mol. The molecule has 3 nitrogen and oxygen atoms in total. The van der Waals surface area contributed by atoms with Crippen LogP contribution in [0.15, 0.2) is 18.2 Å². The lowest BCUT2D eigenvalue weighted by Gasteiger charge is -2.16. The van der Waals surface area contributed by atoms with Crippen LogP contribution in [0.2, 0.25) is 0 Å². The number of nitrogen functional groups attached to an aromatic ring is 1. The van der Waals surface area contributed by atoms with E-state index in [0.29, 0.717) is 17.3 Å². The molecule has 0 bridgehead atoms. The highest BCUT2D eigenvalue weighted by Crippen LogP contribution is 2.20. The first-order chi connectivity index (χ1) is 9.04. The molecule has 0 aromatic heterocycles. The molecule has 1 aromatic carbocycles. The van der Waals surface area contributed by atoms with Crippen molar-refractivity contribution in [2.75, 3.05) is 11.1 Å². The Kier molecular flexibility index (Phi) is 6.40. The number of unbranched alkanes of at least 4 members (excludes halogenated alkanes) is 3.